The average molecular weight is 323 g/mol. The van der Waals surface area contributed by atoms with Crippen LogP contribution in [0, 0.1) is 0 Å². The highest BCUT2D eigenvalue weighted by Crippen LogP contribution is 2.27. The van der Waals surface area contributed by atoms with Crippen LogP contribution < -0.4 is 5.32 Å². The summed E-state index contributed by atoms with van der Waals surface area (Å²) in [5.41, 5.74) is 3.01. The average Bonchev–Trinajstić information content (AvgIpc) is 2.88. The maximum Gasteiger partial charge on any atom is 0.254 e. The number of amides is 1. The summed E-state index contributed by atoms with van der Waals surface area (Å²) < 4.78 is 1.96. The first-order valence-electron chi connectivity index (χ1n) is 7.95. The second-order valence-electron chi connectivity index (χ2n) is 6.18. The fourth-order valence-electron chi connectivity index (χ4n) is 2.88. The van der Waals surface area contributed by atoms with Gasteiger partial charge in [0, 0.05) is 30.2 Å². The second-order valence-corrected chi connectivity index (χ2v) is 6.18. The van der Waals surface area contributed by atoms with Gasteiger partial charge in [-0.05, 0) is 39.2 Å². The fourth-order valence-corrected chi connectivity index (χ4v) is 2.88. The highest BCUT2D eigenvalue weighted by atomic mass is 16.1. The number of aromatic nitrogens is 1. The van der Waals surface area contributed by atoms with E-state index < -0.39 is 0 Å². The molecule has 5 heteroatoms. The smallest absolute Gasteiger partial charge is 0.254 e. The van der Waals surface area contributed by atoms with Gasteiger partial charge in [0.25, 0.3) is 5.91 Å². The topological polar surface area (TPSA) is 53.8 Å². The van der Waals surface area contributed by atoms with Crippen molar-refractivity contribution in [3.63, 3.8) is 0 Å². The van der Waals surface area contributed by atoms with Gasteiger partial charge in [-0.3, -0.25) is 9.59 Å². The fraction of sp³-hybridized carbons (Fsp3) is 0.263. The molecule has 0 radical (unpaired) electrons. The summed E-state index contributed by atoms with van der Waals surface area (Å²) in [5.74, 6) is -0.0779. The maximum absolute atomic E-state index is 12.7. The third-order valence-electron chi connectivity index (χ3n) is 4.12. The van der Waals surface area contributed by atoms with E-state index >= 15 is 0 Å². The number of hydrogen-bond donors (Lipinski definition) is 1. The molecule has 0 spiro atoms. The minimum Gasteiger partial charge on any atom is -0.351 e. The van der Waals surface area contributed by atoms with Gasteiger partial charge < -0.3 is 14.6 Å². The van der Waals surface area contributed by atoms with Crippen LogP contribution >= 0.6 is 0 Å². The number of ketones is 1. The standard InChI is InChI=1S/C19H21N3O2/c1-13(23)14-7-8-15-17(12-14)22-10-5-4-6-16(22)18(15)19(24)20-9-11-21(2)3/h4-8,10,12H,9,11H2,1-3H3,(H,20,24). The van der Waals surface area contributed by atoms with E-state index in [-0.39, 0.29) is 11.7 Å². The molecule has 3 rings (SSSR count). The van der Waals surface area contributed by atoms with Gasteiger partial charge in [0.1, 0.15) is 0 Å². The summed E-state index contributed by atoms with van der Waals surface area (Å²) >= 11 is 0. The van der Waals surface area contributed by atoms with Crippen molar-refractivity contribution in [2.75, 3.05) is 27.2 Å². The first kappa shape index (κ1) is 16.2. The summed E-state index contributed by atoms with van der Waals surface area (Å²) in [5, 5.41) is 3.83. The van der Waals surface area contributed by atoms with E-state index in [4.69, 9.17) is 0 Å². The van der Waals surface area contributed by atoms with E-state index in [0.29, 0.717) is 17.7 Å². The van der Waals surface area contributed by atoms with Crippen molar-refractivity contribution in [3.8, 4) is 0 Å². The van der Waals surface area contributed by atoms with Crippen LogP contribution in [0.5, 0.6) is 0 Å². The predicted molar refractivity (Wildman–Crippen MR) is 95.8 cm³/mol. The van der Waals surface area contributed by atoms with Crippen molar-refractivity contribution in [1.29, 1.82) is 0 Å². The van der Waals surface area contributed by atoms with Crippen molar-refractivity contribution in [2.24, 2.45) is 0 Å². The number of fused-ring (bicyclic) bond motifs is 3. The molecule has 0 fully saturated rings. The Morgan fingerprint density at radius 3 is 2.62 bits per heavy atom. The Labute approximate surface area is 140 Å². The van der Waals surface area contributed by atoms with Crippen molar-refractivity contribution in [3.05, 3.63) is 53.7 Å². The molecule has 1 aromatic carbocycles. The molecule has 0 bridgehead atoms. The van der Waals surface area contributed by atoms with Gasteiger partial charge in [0.05, 0.1) is 16.6 Å². The van der Waals surface area contributed by atoms with E-state index in [2.05, 4.69) is 5.32 Å². The Balaban J connectivity index is 2.11. The number of benzene rings is 1. The van der Waals surface area contributed by atoms with Crippen LogP contribution in [0.4, 0.5) is 0 Å². The quantitative estimate of drug-likeness (QED) is 0.734. The molecule has 24 heavy (non-hydrogen) atoms. The first-order chi connectivity index (χ1) is 11.5. The molecule has 0 saturated heterocycles. The molecule has 1 amide bonds. The van der Waals surface area contributed by atoms with E-state index in [1.807, 2.05) is 59.9 Å². The molecule has 0 aliphatic heterocycles. The van der Waals surface area contributed by atoms with Gasteiger partial charge in [-0.2, -0.15) is 0 Å². The van der Waals surface area contributed by atoms with E-state index in [9.17, 15) is 9.59 Å². The number of nitrogens with one attached hydrogen (secondary N) is 1. The molecule has 3 aromatic rings. The SMILES string of the molecule is CC(=O)c1ccc2c(C(=O)NCCN(C)C)c3ccccn3c2c1. The third-order valence-corrected chi connectivity index (χ3v) is 4.12. The monoisotopic (exact) mass is 323 g/mol. The summed E-state index contributed by atoms with van der Waals surface area (Å²) in [6.45, 7) is 2.92. The zero-order chi connectivity index (χ0) is 17.3. The number of hydrogen-bond acceptors (Lipinski definition) is 3. The molecular formula is C19H21N3O2. The number of carbonyl (C=O) groups is 2. The van der Waals surface area contributed by atoms with E-state index in [1.54, 1.807) is 13.0 Å². The molecular weight excluding hydrogens is 302 g/mol. The van der Waals surface area contributed by atoms with Crippen molar-refractivity contribution in [2.45, 2.75) is 6.92 Å². The second kappa shape index (κ2) is 6.45. The van der Waals surface area contributed by atoms with Crippen LogP contribution in [0.25, 0.3) is 16.4 Å². The van der Waals surface area contributed by atoms with Crippen molar-refractivity contribution >= 4 is 28.1 Å². The molecule has 124 valence electrons. The van der Waals surface area contributed by atoms with Crippen LogP contribution in [0.2, 0.25) is 0 Å². The summed E-state index contributed by atoms with van der Waals surface area (Å²) in [7, 11) is 3.94. The van der Waals surface area contributed by atoms with Crippen LogP contribution in [0.15, 0.2) is 42.6 Å². The molecule has 2 aromatic heterocycles. The van der Waals surface area contributed by atoms with Gasteiger partial charge >= 0.3 is 0 Å². The number of pyridine rings is 1. The zero-order valence-electron chi connectivity index (χ0n) is 14.2. The zero-order valence-corrected chi connectivity index (χ0v) is 14.2. The van der Waals surface area contributed by atoms with Crippen molar-refractivity contribution in [1.82, 2.24) is 14.6 Å². The minimum atomic E-state index is -0.0916. The molecule has 0 aliphatic rings. The highest BCUT2D eigenvalue weighted by molar-refractivity contribution is 6.14. The lowest BCUT2D eigenvalue weighted by atomic mass is 10.1. The van der Waals surface area contributed by atoms with Gasteiger partial charge in [-0.1, -0.05) is 18.2 Å². The van der Waals surface area contributed by atoms with Gasteiger partial charge in [0.15, 0.2) is 5.78 Å². The Morgan fingerprint density at radius 2 is 1.92 bits per heavy atom. The van der Waals surface area contributed by atoms with Gasteiger partial charge in [-0.15, -0.1) is 0 Å². The highest BCUT2D eigenvalue weighted by Gasteiger charge is 2.18. The predicted octanol–water partition coefficient (Wildman–Crippen LogP) is 2.59. The van der Waals surface area contributed by atoms with Crippen LogP contribution in [-0.4, -0.2) is 48.2 Å². The lowest BCUT2D eigenvalue weighted by molar-refractivity contribution is 0.0953. The largest absolute Gasteiger partial charge is 0.351 e. The lowest BCUT2D eigenvalue weighted by Gasteiger charge is -2.10. The van der Waals surface area contributed by atoms with Crippen molar-refractivity contribution < 1.29 is 9.59 Å². The first-order valence-corrected chi connectivity index (χ1v) is 7.95. The molecule has 5 nitrogen and oxygen atoms in total. The number of rotatable bonds is 5. The Kier molecular flexibility index (Phi) is 4.36. The summed E-state index contributed by atoms with van der Waals surface area (Å²) in [4.78, 5) is 26.4. The maximum atomic E-state index is 12.7. The normalized spacial score (nSPS) is 11.3. The number of Topliss-reactive ketones (excluding diaryl/α,β-unsaturated/α-hetero) is 1. The van der Waals surface area contributed by atoms with E-state index in [0.717, 1.165) is 23.0 Å². The Hall–Kier alpha value is -2.66. The molecule has 2 heterocycles. The number of carbonyl (C=O) groups excluding carboxylic acids is 2. The molecule has 0 aliphatic carbocycles. The Bertz CT molecular complexity index is 925. The van der Waals surface area contributed by atoms with E-state index in [1.165, 1.54) is 0 Å². The lowest BCUT2D eigenvalue weighted by Crippen LogP contribution is -2.31. The molecule has 0 unspecified atom stereocenters. The molecule has 0 saturated carbocycles. The molecule has 0 atom stereocenters. The summed E-state index contributed by atoms with van der Waals surface area (Å²) in [6.07, 6.45) is 1.91. The number of nitrogens with zero attached hydrogens (tertiary/aromatic N) is 2. The number of likely N-dealkylation sites (N-methyl/N-ethyl adjacent to an activating group) is 1. The third kappa shape index (κ3) is 2.90. The summed E-state index contributed by atoms with van der Waals surface area (Å²) in [6, 6.07) is 11.2. The van der Waals surface area contributed by atoms with Crippen LogP contribution in [-0.2, 0) is 0 Å². The van der Waals surface area contributed by atoms with Gasteiger partial charge in [-0.25, -0.2) is 0 Å². The van der Waals surface area contributed by atoms with Gasteiger partial charge in [0.2, 0.25) is 0 Å². The van der Waals surface area contributed by atoms with Crippen LogP contribution in [0.3, 0.4) is 0 Å². The molecule has 1 N–H and O–H groups in total. The van der Waals surface area contributed by atoms with Crippen LogP contribution in [0.1, 0.15) is 27.6 Å². The Morgan fingerprint density at radius 1 is 1.12 bits per heavy atom. The minimum absolute atomic E-state index is 0.0137.